The number of carbonyl (C=O) groups excluding carboxylic acids is 2. The number of likely N-dealkylation sites (tertiary alicyclic amines) is 2. The number of hydrogen-bond donors (Lipinski definition) is 0. The summed E-state index contributed by atoms with van der Waals surface area (Å²) in [6, 6.07) is 10.3. The number of rotatable bonds is 10. The van der Waals surface area contributed by atoms with Gasteiger partial charge in [0.1, 0.15) is 6.54 Å². The van der Waals surface area contributed by atoms with Crippen LogP contribution in [-0.4, -0.2) is 60.0 Å². The molecule has 28 heavy (non-hydrogen) atoms. The first-order valence-corrected chi connectivity index (χ1v) is 13.9. The van der Waals surface area contributed by atoms with E-state index in [-0.39, 0.29) is 30.5 Å². The van der Waals surface area contributed by atoms with E-state index in [1.54, 1.807) is 4.90 Å². The second kappa shape index (κ2) is 11.4. The summed E-state index contributed by atoms with van der Waals surface area (Å²) in [5.41, 5.74) is 1.17. The van der Waals surface area contributed by atoms with Crippen molar-refractivity contribution in [3.05, 3.63) is 35.9 Å². The van der Waals surface area contributed by atoms with E-state index in [1.165, 1.54) is 5.56 Å². The van der Waals surface area contributed by atoms with Crippen LogP contribution >= 0.6 is 28.5 Å². The van der Waals surface area contributed by atoms with E-state index in [1.807, 2.05) is 23.1 Å². The monoisotopic (exact) mass is 518 g/mol. The van der Waals surface area contributed by atoms with Crippen molar-refractivity contribution in [3.8, 4) is 0 Å². The Balaban J connectivity index is 1.38. The molecule has 0 aliphatic carbocycles. The predicted octanol–water partition coefficient (Wildman–Crippen LogP) is 3.54. The Hall–Kier alpha value is -0.760. The molecule has 8 heteroatoms. The molecule has 1 aromatic carbocycles. The number of carbonyl (C=O) groups is 2. The summed E-state index contributed by atoms with van der Waals surface area (Å²) in [6.07, 6.45) is 4.20. The molecule has 1 aromatic rings. The van der Waals surface area contributed by atoms with Gasteiger partial charge in [0.15, 0.2) is 0 Å². The van der Waals surface area contributed by atoms with Crippen LogP contribution in [0, 0.1) is 0 Å². The van der Waals surface area contributed by atoms with Crippen molar-refractivity contribution in [3.63, 3.8) is 0 Å². The maximum atomic E-state index is 12.6. The Morgan fingerprint density at radius 1 is 1.25 bits per heavy atom. The summed E-state index contributed by atoms with van der Waals surface area (Å²) in [6.45, 7) is 3.28. The summed E-state index contributed by atoms with van der Waals surface area (Å²) in [4.78, 5) is 28.5. The fourth-order valence-electron chi connectivity index (χ4n) is 3.86. The smallest absolute Gasteiger partial charge is 0.242 e. The van der Waals surface area contributed by atoms with Gasteiger partial charge in [-0.05, 0) is 53.3 Å². The molecule has 2 aliphatic heterocycles. The van der Waals surface area contributed by atoms with Gasteiger partial charge in [-0.3, -0.25) is 9.59 Å². The number of nitrogens with zero attached hydrogens (tertiary/aromatic N) is 2. The van der Waals surface area contributed by atoms with Crippen molar-refractivity contribution in [1.29, 1.82) is 0 Å². The van der Waals surface area contributed by atoms with Gasteiger partial charge in [-0.2, -0.15) is 0 Å². The zero-order valence-electron chi connectivity index (χ0n) is 16.0. The maximum Gasteiger partial charge on any atom is 0.242 e. The van der Waals surface area contributed by atoms with Gasteiger partial charge in [0, 0.05) is 32.2 Å². The highest BCUT2D eigenvalue weighted by molar-refractivity contribution is 14.2. The lowest BCUT2D eigenvalue weighted by molar-refractivity contribution is -0.139. The van der Waals surface area contributed by atoms with Crippen LogP contribution in [0.1, 0.15) is 37.7 Å². The van der Waals surface area contributed by atoms with Gasteiger partial charge in [0.25, 0.3) is 0 Å². The summed E-state index contributed by atoms with van der Waals surface area (Å²) in [7, 11) is 0. The molecule has 2 heterocycles. The maximum absolute atomic E-state index is 12.6. The van der Waals surface area contributed by atoms with Crippen LogP contribution in [0.4, 0.5) is 0 Å². The average molecular weight is 518 g/mol. The Bertz CT molecular complexity index is 648. The Morgan fingerprint density at radius 3 is 2.86 bits per heavy atom. The highest BCUT2D eigenvalue weighted by atomic mass is 127. The fourth-order valence-corrected chi connectivity index (χ4v) is 5.25. The van der Waals surface area contributed by atoms with Crippen molar-refractivity contribution in [2.45, 2.75) is 50.9 Å². The topological polar surface area (TPSA) is 59.1 Å². The predicted molar refractivity (Wildman–Crippen MR) is 118 cm³/mol. The molecule has 2 amide bonds. The van der Waals surface area contributed by atoms with Crippen LogP contribution in [0.15, 0.2) is 30.3 Å². The minimum Gasteiger partial charge on any atom is -0.377 e. The number of hydrogen-bond acceptors (Lipinski definition) is 4. The van der Waals surface area contributed by atoms with Crippen LogP contribution in [0.5, 0.6) is 0 Å². The van der Waals surface area contributed by atoms with E-state index in [0.29, 0.717) is 32.6 Å². The van der Waals surface area contributed by atoms with Crippen LogP contribution in [0.25, 0.3) is 0 Å². The molecule has 0 bridgehead atoms. The highest BCUT2D eigenvalue weighted by Crippen LogP contribution is 2.28. The fraction of sp³-hybridized carbons (Fsp3) is 0.600. The third-order valence-corrected chi connectivity index (χ3v) is 6.59. The lowest BCUT2D eigenvalue weighted by atomic mass is 10.1. The summed E-state index contributed by atoms with van der Waals surface area (Å²) in [5, 5.41) is 0. The van der Waals surface area contributed by atoms with Gasteiger partial charge in [-0.25, -0.2) is 0 Å². The van der Waals surface area contributed by atoms with Crippen molar-refractivity contribution < 1.29 is 18.8 Å². The summed E-state index contributed by atoms with van der Waals surface area (Å²) >= 11 is 2.21. The van der Waals surface area contributed by atoms with Gasteiger partial charge >= 0.3 is 0 Å². The molecule has 6 nitrogen and oxygen atoms in total. The molecule has 2 fully saturated rings. The second-order valence-corrected chi connectivity index (χ2v) is 9.05. The molecule has 0 spiro atoms. The van der Waals surface area contributed by atoms with Crippen LogP contribution in [-0.2, 0) is 25.5 Å². The first-order valence-electron chi connectivity index (χ1n) is 9.87. The minimum absolute atomic E-state index is 0.0449. The molecule has 0 aromatic heterocycles. The third kappa shape index (κ3) is 6.37. The molecular weight excluding hydrogens is 490 g/mol. The van der Waals surface area contributed by atoms with E-state index in [0.717, 1.165) is 32.2 Å². The lowest BCUT2D eigenvalue weighted by Gasteiger charge is -2.27. The summed E-state index contributed by atoms with van der Waals surface area (Å²) < 4.78 is 11.4. The van der Waals surface area contributed by atoms with Crippen molar-refractivity contribution in [2.24, 2.45) is 0 Å². The minimum atomic E-state index is 0.0449. The lowest BCUT2D eigenvalue weighted by Crippen LogP contribution is -2.43. The van der Waals surface area contributed by atoms with Gasteiger partial charge < -0.3 is 19.1 Å². The van der Waals surface area contributed by atoms with E-state index >= 15 is 0 Å². The third-order valence-electron chi connectivity index (χ3n) is 5.40. The first kappa shape index (κ1) is 21.9. The molecule has 0 saturated carbocycles. The van der Waals surface area contributed by atoms with E-state index < -0.39 is 0 Å². The first-order chi connectivity index (χ1) is 13.7. The number of amides is 2. The van der Waals surface area contributed by atoms with Crippen molar-refractivity contribution in [1.82, 2.24) is 9.80 Å². The van der Waals surface area contributed by atoms with E-state index in [9.17, 15) is 9.59 Å². The molecule has 2 saturated heterocycles. The Kier molecular flexibility index (Phi) is 8.96. The van der Waals surface area contributed by atoms with Crippen LogP contribution < -0.4 is 0 Å². The second-order valence-electron chi connectivity index (χ2n) is 7.34. The van der Waals surface area contributed by atoms with Gasteiger partial charge in [-0.15, -0.1) is 0 Å². The van der Waals surface area contributed by atoms with Crippen molar-refractivity contribution in [2.75, 3.05) is 26.2 Å². The normalized spacial score (nSPS) is 22.7. The molecular formula is C20H28IN2O4P. The zero-order valence-corrected chi connectivity index (χ0v) is 19.2. The number of halogens is 1. The Morgan fingerprint density at radius 2 is 2.07 bits per heavy atom. The molecule has 2 unspecified atom stereocenters. The number of benzene rings is 1. The van der Waals surface area contributed by atoms with Crippen LogP contribution in [0.2, 0.25) is 0 Å². The average Bonchev–Trinajstić information content (AvgIpc) is 3.31. The van der Waals surface area contributed by atoms with Gasteiger partial charge in [0.2, 0.25) is 11.8 Å². The molecule has 154 valence electrons. The highest BCUT2D eigenvalue weighted by Gasteiger charge is 2.34. The number of ether oxygens (including phenoxy) is 1. The van der Waals surface area contributed by atoms with E-state index in [4.69, 9.17) is 9.26 Å². The standard InChI is InChI=1S/C20H28IN2O4P/c21-28-27-18-10-11-22(13-18)20(25)14-23-17(8-9-19(23)24)7-4-12-26-15-16-5-2-1-3-6-16/h1-3,5-6,17-18,28H,4,7-15H2/t17?,18-/m1/s1. The molecule has 3 rings (SSSR count). The van der Waals surface area contributed by atoms with Crippen molar-refractivity contribution >= 4 is 40.3 Å². The SMILES string of the molecule is O=C(CN1C(=O)CCC1CCCOCc1ccccc1)N1CC[C@@H](OPI)C1. The summed E-state index contributed by atoms with van der Waals surface area (Å²) in [5.74, 6) is 0.146. The molecule has 3 atom stereocenters. The van der Waals surface area contributed by atoms with E-state index in [2.05, 4.69) is 34.2 Å². The van der Waals surface area contributed by atoms with Gasteiger partial charge in [-0.1, -0.05) is 30.3 Å². The zero-order chi connectivity index (χ0) is 19.8. The largest absolute Gasteiger partial charge is 0.377 e. The van der Waals surface area contributed by atoms with Gasteiger partial charge in [0.05, 0.1) is 19.2 Å². The quantitative estimate of drug-likeness (QED) is 0.270. The molecule has 0 N–H and O–H groups in total. The Labute approximate surface area is 181 Å². The molecule has 2 aliphatic rings. The van der Waals surface area contributed by atoms with Crippen LogP contribution in [0.3, 0.4) is 0 Å². The molecule has 0 radical (unpaired) electrons.